The van der Waals surface area contributed by atoms with Crippen LogP contribution in [-0.2, 0) is 4.79 Å². The van der Waals surface area contributed by atoms with Crippen molar-refractivity contribution in [3.05, 3.63) is 18.5 Å². The third-order valence-corrected chi connectivity index (χ3v) is 2.78. The largest absolute Gasteiger partial charge is 0.331 e. The molecule has 1 fully saturated rings. The van der Waals surface area contributed by atoms with E-state index in [1.54, 1.807) is 25.4 Å². The van der Waals surface area contributed by atoms with Crippen LogP contribution < -0.4 is 4.90 Å². The smallest absolute Gasteiger partial charge is 0.225 e. The van der Waals surface area contributed by atoms with Gasteiger partial charge in [-0.2, -0.15) is 0 Å². The van der Waals surface area contributed by atoms with Crippen LogP contribution in [0.4, 0.5) is 5.95 Å². The van der Waals surface area contributed by atoms with E-state index in [2.05, 4.69) is 9.97 Å². The van der Waals surface area contributed by atoms with E-state index in [9.17, 15) is 4.79 Å². The van der Waals surface area contributed by atoms with E-state index < -0.39 is 0 Å². The molecule has 4 heteroatoms. The molecule has 0 bridgehead atoms. The first-order valence-corrected chi connectivity index (χ1v) is 5.33. The maximum absolute atomic E-state index is 11.5. The van der Waals surface area contributed by atoms with Gasteiger partial charge in [0.25, 0.3) is 0 Å². The average molecular weight is 205 g/mol. The van der Waals surface area contributed by atoms with Crippen molar-refractivity contribution in [2.24, 2.45) is 0 Å². The van der Waals surface area contributed by atoms with Crippen molar-refractivity contribution < 1.29 is 4.79 Å². The Morgan fingerprint density at radius 2 is 2.13 bits per heavy atom. The van der Waals surface area contributed by atoms with Crippen molar-refractivity contribution in [1.29, 1.82) is 0 Å². The molecule has 0 saturated carbocycles. The van der Waals surface area contributed by atoms with Crippen LogP contribution in [0.3, 0.4) is 0 Å². The van der Waals surface area contributed by atoms with Gasteiger partial charge in [0.15, 0.2) is 5.78 Å². The van der Waals surface area contributed by atoms with E-state index >= 15 is 0 Å². The summed E-state index contributed by atoms with van der Waals surface area (Å²) < 4.78 is 0. The van der Waals surface area contributed by atoms with Gasteiger partial charge in [-0.05, 0) is 32.3 Å². The summed E-state index contributed by atoms with van der Waals surface area (Å²) in [6.45, 7) is 2.53. The van der Waals surface area contributed by atoms with Gasteiger partial charge >= 0.3 is 0 Å². The predicted octanol–water partition coefficient (Wildman–Crippen LogP) is 1.42. The van der Waals surface area contributed by atoms with Crippen LogP contribution in [0.2, 0.25) is 0 Å². The van der Waals surface area contributed by atoms with Gasteiger partial charge in [-0.3, -0.25) is 4.79 Å². The summed E-state index contributed by atoms with van der Waals surface area (Å²) in [5.41, 5.74) is 0. The number of carbonyl (C=O) groups is 1. The van der Waals surface area contributed by atoms with E-state index in [0.29, 0.717) is 5.95 Å². The number of aromatic nitrogens is 2. The van der Waals surface area contributed by atoms with Crippen molar-refractivity contribution in [2.75, 3.05) is 11.4 Å². The fourth-order valence-corrected chi connectivity index (χ4v) is 2.03. The minimum atomic E-state index is -0.0267. The monoisotopic (exact) mass is 205 g/mol. The van der Waals surface area contributed by atoms with E-state index in [-0.39, 0.29) is 11.8 Å². The maximum atomic E-state index is 11.5. The Morgan fingerprint density at radius 1 is 1.40 bits per heavy atom. The second-order valence-corrected chi connectivity index (χ2v) is 3.86. The number of hydrogen-bond acceptors (Lipinski definition) is 4. The fraction of sp³-hybridized carbons (Fsp3) is 0.545. The van der Waals surface area contributed by atoms with E-state index in [1.807, 2.05) is 4.90 Å². The van der Waals surface area contributed by atoms with Crippen molar-refractivity contribution >= 4 is 11.7 Å². The van der Waals surface area contributed by atoms with Crippen LogP contribution >= 0.6 is 0 Å². The second kappa shape index (κ2) is 4.38. The first kappa shape index (κ1) is 10.1. The summed E-state index contributed by atoms with van der Waals surface area (Å²) in [5, 5.41) is 0. The molecule has 1 aliphatic heterocycles. The second-order valence-electron chi connectivity index (χ2n) is 3.86. The van der Waals surface area contributed by atoms with Crippen molar-refractivity contribution in [3.63, 3.8) is 0 Å². The molecule has 1 unspecified atom stereocenters. The number of ketones is 1. The molecule has 0 aliphatic carbocycles. The number of anilines is 1. The van der Waals surface area contributed by atoms with E-state index in [0.717, 1.165) is 25.8 Å². The lowest BCUT2D eigenvalue weighted by molar-refractivity contribution is -0.118. The molecule has 0 aromatic carbocycles. The Balaban J connectivity index is 2.22. The van der Waals surface area contributed by atoms with Crippen LogP contribution in [0, 0.1) is 0 Å². The summed E-state index contributed by atoms with van der Waals surface area (Å²) in [5.74, 6) is 0.888. The summed E-state index contributed by atoms with van der Waals surface area (Å²) in [7, 11) is 0. The molecule has 1 aromatic heterocycles. The standard InChI is InChI=1S/C11H15N3O/c1-9(15)10-5-2-3-8-14(10)11-12-6-4-7-13-11/h4,6-7,10H,2-3,5,8H2,1H3. The van der Waals surface area contributed by atoms with E-state index in [4.69, 9.17) is 0 Å². The molecule has 1 aliphatic rings. The first-order chi connectivity index (χ1) is 7.29. The topological polar surface area (TPSA) is 46.1 Å². The SMILES string of the molecule is CC(=O)C1CCCCN1c1ncccn1. The molecule has 2 rings (SSSR count). The summed E-state index contributed by atoms with van der Waals surface area (Å²) in [4.78, 5) is 21.9. The molecule has 0 spiro atoms. The zero-order valence-corrected chi connectivity index (χ0v) is 8.89. The Hall–Kier alpha value is -1.45. The number of piperidine rings is 1. The summed E-state index contributed by atoms with van der Waals surface area (Å²) >= 11 is 0. The molecule has 0 amide bonds. The molecule has 15 heavy (non-hydrogen) atoms. The number of nitrogens with zero attached hydrogens (tertiary/aromatic N) is 3. The highest BCUT2D eigenvalue weighted by Crippen LogP contribution is 2.21. The molecule has 1 atom stereocenters. The molecule has 0 radical (unpaired) electrons. The summed E-state index contributed by atoms with van der Waals surface area (Å²) in [6.07, 6.45) is 6.59. The van der Waals surface area contributed by atoms with Gasteiger partial charge in [-0.1, -0.05) is 0 Å². The minimum Gasteiger partial charge on any atom is -0.331 e. The van der Waals surface area contributed by atoms with Gasteiger partial charge < -0.3 is 4.90 Å². The molecular weight excluding hydrogens is 190 g/mol. The third-order valence-electron chi connectivity index (χ3n) is 2.78. The lowest BCUT2D eigenvalue weighted by Gasteiger charge is -2.33. The summed E-state index contributed by atoms with van der Waals surface area (Å²) in [6, 6.07) is 1.76. The van der Waals surface area contributed by atoms with Gasteiger partial charge in [0.05, 0.1) is 6.04 Å². The highest BCUT2D eigenvalue weighted by Gasteiger charge is 2.27. The zero-order valence-electron chi connectivity index (χ0n) is 8.89. The Morgan fingerprint density at radius 3 is 2.80 bits per heavy atom. The van der Waals surface area contributed by atoms with Gasteiger partial charge in [0.1, 0.15) is 0 Å². The molecule has 4 nitrogen and oxygen atoms in total. The predicted molar refractivity (Wildman–Crippen MR) is 57.7 cm³/mol. The number of carbonyl (C=O) groups excluding carboxylic acids is 1. The molecule has 1 saturated heterocycles. The molecule has 80 valence electrons. The number of rotatable bonds is 2. The van der Waals surface area contributed by atoms with Crippen molar-refractivity contribution in [3.8, 4) is 0 Å². The van der Waals surface area contributed by atoms with Gasteiger partial charge in [-0.15, -0.1) is 0 Å². The van der Waals surface area contributed by atoms with Crippen LogP contribution in [0.1, 0.15) is 26.2 Å². The van der Waals surface area contributed by atoms with Crippen LogP contribution in [-0.4, -0.2) is 28.3 Å². The normalized spacial score (nSPS) is 21.4. The quantitative estimate of drug-likeness (QED) is 0.732. The lowest BCUT2D eigenvalue weighted by Crippen LogP contribution is -2.44. The van der Waals surface area contributed by atoms with Crippen LogP contribution in [0.15, 0.2) is 18.5 Å². The maximum Gasteiger partial charge on any atom is 0.225 e. The molecule has 1 aromatic rings. The van der Waals surface area contributed by atoms with Crippen molar-refractivity contribution in [1.82, 2.24) is 9.97 Å². The van der Waals surface area contributed by atoms with Gasteiger partial charge in [0.2, 0.25) is 5.95 Å². The molecule has 0 N–H and O–H groups in total. The Bertz CT molecular complexity index is 339. The molecule has 2 heterocycles. The lowest BCUT2D eigenvalue weighted by atomic mass is 10.00. The highest BCUT2D eigenvalue weighted by molar-refractivity contribution is 5.84. The molecular formula is C11H15N3O. The number of Topliss-reactive ketones (excluding diaryl/α,β-unsaturated/α-hetero) is 1. The Labute approximate surface area is 89.3 Å². The van der Waals surface area contributed by atoms with Crippen LogP contribution in [0.25, 0.3) is 0 Å². The highest BCUT2D eigenvalue weighted by atomic mass is 16.1. The van der Waals surface area contributed by atoms with E-state index in [1.165, 1.54) is 0 Å². The van der Waals surface area contributed by atoms with Crippen molar-refractivity contribution in [2.45, 2.75) is 32.2 Å². The fourth-order valence-electron chi connectivity index (χ4n) is 2.03. The first-order valence-electron chi connectivity index (χ1n) is 5.33. The minimum absolute atomic E-state index is 0.0267. The van der Waals surface area contributed by atoms with Gasteiger partial charge in [-0.25, -0.2) is 9.97 Å². The average Bonchev–Trinajstić information content (AvgIpc) is 2.30. The number of hydrogen-bond donors (Lipinski definition) is 0. The third kappa shape index (κ3) is 2.14. The zero-order chi connectivity index (χ0) is 10.7. The van der Waals surface area contributed by atoms with Crippen LogP contribution in [0.5, 0.6) is 0 Å². The van der Waals surface area contributed by atoms with Gasteiger partial charge in [0, 0.05) is 18.9 Å². The Kier molecular flexibility index (Phi) is 2.94.